The predicted octanol–water partition coefficient (Wildman–Crippen LogP) is 6.84. The molecule has 4 aromatic rings. The van der Waals surface area contributed by atoms with Crippen LogP contribution in [0.4, 0.5) is 10.8 Å². The first-order valence-corrected chi connectivity index (χ1v) is 12.8. The number of ether oxygens (including phenoxy) is 1. The van der Waals surface area contributed by atoms with Crippen molar-refractivity contribution in [3.8, 4) is 17.0 Å². The standard InChI is InChI=1S/C26H22ClN3O3S2/c1-16(24(31)30-26-29-23(15-34-26)21-11-3-4-12-22(21)27)35-20-10-6-8-18(14-20)28-25(32)17-7-5-9-19(13-17)33-2/h3-16H,1-2H3,(H,28,32)(H,29,30,31). The van der Waals surface area contributed by atoms with Gasteiger partial charge in [-0.25, -0.2) is 4.98 Å². The Morgan fingerprint density at radius 1 is 1.03 bits per heavy atom. The number of anilines is 2. The van der Waals surface area contributed by atoms with Crippen molar-refractivity contribution in [3.05, 3.63) is 88.8 Å². The lowest BCUT2D eigenvalue weighted by Gasteiger charge is -2.12. The van der Waals surface area contributed by atoms with Gasteiger partial charge in [0.25, 0.3) is 5.91 Å². The van der Waals surface area contributed by atoms with E-state index in [2.05, 4.69) is 15.6 Å². The zero-order chi connectivity index (χ0) is 24.8. The number of nitrogens with one attached hydrogen (secondary N) is 2. The fraction of sp³-hybridized carbons (Fsp3) is 0.115. The highest BCUT2D eigenvalue weighted by Crippen LogP contribution is 2.31. The number of rotatable bonds is 8. The maximum Gasteiger partial charge on any atom is 0.255 e. The third-order valence-corrected chi connectivity index (χ3v) is 7.17. The Morgan fingerprint density at radius 3 is 2.63 bits per heavy atom. The predicted molar refractivity (Wildman–Crippen MR) is 144 cm³/mol. The van der Waals surface area contributed by atoms with Gasteiger partial charge in [-0.1, -0.05) is 41.9 Å². The van der Waals surface area contributed by atoms with Crippen molar-refractivity contribution < 1.29 is 14.3 Å². The molecule has 9 heteroatoms. The van der Waals surface area contributed by atoms with E-state index in [1.807, 2.05) is 48.7 Å². The van der Waals surface area contributed by atoms with E-state index in [-0.39, 0.29) is 17.1 Å². The minimum atomic E-state index is -0.382. The zero-order valence-corrected chi connectivity index (χ0v) is 21.3. The van der Waals surface area contributed by atoms with E-state index >= 15 is 0 Å². The molecule has 1 atom stereocenters. The second-order valence-electron chi connectivity index (χ2n) is 7.48. The number of amides is 2. The van der Waals surface area contributed by atoms with Crippen LogP contribution in [0, 0.1) is 0 Å². The lowest BCUT2D eigenvalue weighted by atomic mass is 10.2. The van der Waals surface area contributed by atoms with Crippen molar-refractivity contribution in [3.63, 3.8) is 0 Å². The molecule has 0 aliphatic rings. The fourth-order valence-electron chi connectivity index (χ4n) is 3.20. The molecule has 0 spiro atoms. The number of methoxy groups -OCH3 is 1. The van der Waals surface area contributed by atoms with Crippen molar-refractivity contribution in [2.45, 2.75) is 17.1 Å². The number of benzene rings is 3. The first-order chi connectivity index (χ1) is 16.9. The molecular formula is C26H22ClN3O3S2. The van der Waals surface area contributed by atoms with Crippen LogP contribution in [0.15, 0.2) is 83.1 Å². The van der Waals surface area contributed by atoms with Crippen LogP contribution in [-0.2, 0) is 4.79 Å². The third kappa shape index (κ3) is 6.42. The van der Waals surface area contributed by atoms with Gasteiger partial charge >= 0.3 is 0 Å². The molecule has 178 valence electrons. The van der Waals surface area contributed by atoms with Gasteiger partial charge < -0.3 is 15.4 Å². The van der Waals surface area contributed by atoms with E-state index in [1.54, 1.807) is 43.5 Å². The van der Waals surface area contributed by atoms with E-state index in [0.29, 0.717) is 27.2 Å². The van der Waals surface area contributed by atoms with Crippen molar-refractivity contribution >= 4 is 57.3 Å². The van der Waals surface area contributed by atoms with Gasteiger partial charge in [-0.3, -0.25) is 9.59 Å². The fourth-order valence-corrected chi connectivity index (χ4v) is 5.08. The van der Waals surface area contributed by atoms with Crippen LogP contribution < -0.4 is 15.4 Å². The largest absolute Gasteiger partial charge is 0.497 e. The molecular weight excluding hydrogens is 502 g/mol. The third-order valence-electron chi connectivity index (χ3n) is 4.99. The molecule has 0 fully saturated rings. The molecule has 4 rings (SSSR count). The summed E-state index contributed by atoms with van der Waals surface area (Å²) in [6, 6.07) is 21.8. The normalized spacial score (nSPS) is 11.5. The topological polar surface area (TPSA) is 80.3 Å². The molecule has 1 aromatic heterocycles. The van der Waals surface area contributed by atoms with Gasteiger partial charge in [0.05, 0.1) is 18.1 Å². The molecule has 3 aromatic carbocycles. The van der Waals surface area contributed by atoms with Gasteiger partial charge in [0.1, 0.15) is 5.75 Å². The minimum absolute atomic E-state index is 0.166. The molecule has 0 saturated carbocycles. The Bertz CT molecular complexity index is 1360. The first kappa shape index (κ1) is 24.8. The Kier molecular flexibility index (Phi) is 8.07. The summed E-state index contributed by atoms with van der Waals surface area (Å²) < 4.78 is 5.18. The molecule has 1 heterocycles. The average Bonchev–Trinajstić information content (AvgIpc) is 3.32. The van der Waals surface area contributed by atoms with E-state index in [0.717, 1.165) is 16.2 Å². The van der Waals surface area contributed by atoms with Crippen LogP contribution in [0.3, 0.4) is 0 Å². The molecule has 0 aliphatic carbocycles. The smallest absolute Gasteiger partial charge is 0.255 e. The number of thioether (sulfide) groups is 1. The second kappa shape index (κ2) is 11.4. The number of halogens is 1. The Balaban J connectivity index is 1.37. The summed E-state index contributed by atoms with van der Waals surface area (Å²) in [5.74, 6) is 0.205. The number of carbonyl (C=O) groups is 2. The van der Waals surface area contributed by atoms with Crippen LogP contribution in [0.5, 0.6) is 5.75 Å². The van der Waals surface area contributed by atoms with Crippen LogP contribution in [0.1, 0.15) is 17.3 Å². The SMILES string of the molecule is COc1cccc(C(=O)Nc2cccc(SC(C)C(=O)Nc3nc(-c4ccccc4Cl)cs3)c2)c1. The number of carbonyl (C=O) groups excluding carboxylic acids is 2. The molecule has 6 nitrogen and oxygen atoms in total. The Morgan fingerprint density at radius 2 is 1.83 bits per heavy atom. The van der Waals surface area contributed by atoms with Crippen molar-refractivity contribution in [1.29, 1.82) is 0 Å². The summed E-state index contributed by atoms with van der Waals surface area (Å²) in [5.41, 5.74) is 2.67. The van der Waals surface area contributed by atoms with Crippen molar-refractivity contribution in [1.82, 2.24) is 4.98 Å². The van der Waals surface area contributed by atoms with Gasteiger partial charge in [-0.05, 0) is 49.4 Å². The highest BCUT2D eigenvalue weighted by atomic mass is 35.5. The van der Waals surface area contributed by atoms with Crippen LogP contribution in [0.25, 0.3) is 11.3 Å². The highest BCUT2D eigenvalue weighted by Gasteiger charge is 2.17. The molecule has 0 bridgehead atoms. The molecule has 0 saturated heterocycles. The molecule has 1 unspecified atom stereocenters. The van der Waals surface area contributed by atoms with E-state index in [9.17, 15) is 9.59 Å². The molecule has 35 heavy (non-hydrogen) atoms. The maximum absolute atomic E-state index is 12.8. The van der Waals surface area contributed by atoms with Gasteiger partial charge in [0.2, 0.25) is 5.91 Å². The van der Waals surface area contributed by atoms with E-state index in [4.69, 9.17) is 16.3 Å². The van der Waals surface area contributed by atoms with E-state index in [1.165, 1.54) is 23.1 Å². The summed E-state index contributed by atoms with van der Waals surface area (Å²) in [5, 5.41) is 8.36. The summed E-state index contributed by atoms with van der Waals surface area (Å²) >= 11 is 8.99. The molecule has 2 amide bonds. The van der Waals surface area contributed by atoms with Crippen molar-refractivity contribution in [2.75, 3.05) is 17.7 Å². The minimum Gasteiger partial charge on any atom is -0.497 e. The van der Waals surface area contributed by atoms with Gasteiger partial charge in [-0.15, -0.1) is 23.1 Å². The lowest BCUT2D eigenvalue weighted by Crippen LogP contribution is -2.22. The van der Waals surface area contributed by atoms with Crippen molar-refractivity contribution in [2.24, 2.45) is 0 Å². The van der Waals surface area contributed by atoms with Gasteiger partial charge in [0.15, 0.2) is 5.13 Å². The number of thiazole rings is 1. The second-order valence-corrected chi connectivity index (χ2v) is 10.2. The first-order valence-electron chi connectivity index (χ1n) is 10.7. The quantitative estimate of drug-likeness (QED) is 0.247. The summed E-state index contributed by atoms with van der Waals surface area (Å²) in [4.78, 5) is 30.7. The van der Waals surface area contributed by atoms with Crippen LogP contribution in [0.2, 0.25) is 5.02 Å². The summed E-state index contributed by atoms with van der Waals surface area (Å²) in [6.07, 6.45) is 0. The number of hydrogen-bond acceptors (Lipinski definition) is 6. The molecule has 2 N–H and O–H groups in total. The Hall–Kier alpha value is -3.33. The number of aromatic nitrogens is 1. The highest BCUT2D eigenvalue weighted by molar-refractivity contribution is 8.00. The lowest BCUT2D eigenvalue weighted by molar-refractivity contribution is -0.115. The van der Waals surface area contributed by atoms with Gasteiger partial charge in [-0.2, -0.15) is 0 Å². The monoisotopic (exact) mass is 523 g/mol. The van der Waals surface area contributed by atoms with Gasteiger partial charge in [0, 0.05) is 32.1 Å². The van der Waals surface area contributed by atoms with E-state index < -0.39 is 0 Å². The van der Waals surface area contributed by atoms with Crippen LogP contribution >= 0.6 is 34.7 Å². The summed E-state index contributed by atoms with van der Waals surface area (Å²) in [6.45, 7) is 1.82. The molecule has 0 radical (unpaired) electrons. The zero-order valence-electron chi connectivity index (χ0n) is 18.9. The molecule has 0 aliphatic heterocycles. The maximum atomic E-state index is 12.8. The van der Waals surface area contributed by atoms with Crippen LogP contribution in [-0.4, -0.2) is 29.2 Å². The summed E-state index contributed by atoms with van der Waals surface area (Å²) in [7, 11) is 1.56. The number of nitrogens with zero attached hydrogens (tertiary/aromatic N) is 1. The number of hydrogen-bond donors (Lipinski definition) is 2. The average molecular weight is 524 g/mol. The Labute approximate surface area is 216 Å².